The third kappa shape index (κ3) is 30.1. The van der Waals surface area contributed by atoms with Crippen LogP contribution in [0.4, 0.5) is 0 Å². The molecule has 4 aliphatic rings. The minimum absolute atomic E-state index is 0. The molecular weight excluding hydrogens is 1330 g/mol. The molecule has 0 aliphatic heterocycles. The Morgan fingerprint density at radius 3 is 0.923 bits per heavy atom. The number of rotatable bonds is 34. The fraction of sp³-hybridized carbons (Fsp3) is 0.614. The van der Waals surface area contributed by atoms with Crippen LogP contribution in [0.15, 0.2) is 169 Å². The van der Waals surface area contributed by atoms with Crippen molar-refractivity contribution in [3.05, 3.63) is 174 Å². The summed E-state index contributed by atoms with van der Waals surface area (Å²) >= 11 is 1.36. The number of thioether (sulfide) groups is 1. The number of carbonyl (C=O) groups is 4. The van der Waals surface area contributed by atoms with E-state index in [1.54, 1.807) is 0 Å². The summed E-state index contributed by atoms with van der Waals surface area (Å²) in [6.07, 6.45) is 32.7. The highest BCUT2D eigenvalue weighted by atomic mass is 32.2. The number of methoxy groups -OCH3 is 7. The Morgan fingerprint density at radius 2 is 0.644 bits per heavy atom. The molecule has 0 radical (unpaired) electrons. The molecule has 1 aromatic carbocycles. The summed E-state index contributed by atoms with van der Waals surface area (Å²) in [5.41, 5.74) is 12.1. The van der Waals surface area contributed by atoms with Crippen LogP contribution in [0.5, 0.6) is 0 Å². The van der Waals surface area contributed by atoms with Gasteiger partial charge in [-0.2, -0.15) is 0 Å². The van der Waals surface area contributed by atoms with Crippen molar-refractivity contribution in [3.8, 4) is 0 Å². The number of aliphatic hydroxyl groups is 4. The predicted octanol–water partition coefficient (Wildman–Crippen LogP) is 19.8. The smallest absolute Gasteiger partial charge is 0.204 e. The molecule has 0 fully saturated rings. The summed E-state index contributed by atoms with van der Waals surface area (Å²) in [4.78, 5) is 50.4. The molecular formula is C88H140O15S. The summed E-state index contributed by atoms with van der Waals surface area (Å²) in [5.74, 6) is -0.364. The van der Waals surface area contributed by atoms with Gasteiger partial charge in [-0.25, -0.2) is 0 Å². The van der Waals surface area contributed by atoms with Gasteiger partial charge in [-0.15, -0.1) is 11.8 Å². The first-order valence-corrected chi connectivity index (χ1v) is 38.2. The van der Waals surface area contributed by atoms with Gasteiger partial charge in [-0.3, -0.25) is 19.2 Å². The number of ketones is 4. The zero-order valence-corrected chi connectivity index (χ0v) is 67.5. The summed E-state index contributed by atoms with van der Waals surface area (Å²) in [6.45, 7) is 31.1. The maximum absolute atomic E-state index is 12.5. The van der Waals surface area contributed by atoms with Gasteiger partial charge in [0.25, 0.3) is 0 Å². The van der Waals surface area contributed by atoms with Crippen LogP contribution in [-0.4, -0.2) is 124 Å². The number of hydrogen-bond acceptors (Lipinski definition) is 16. The van der Waals surface area contributed by atoms with Crippen LogP contribution in [0.3, 0.4) is 0 Å². The maximum Gasteiger partial charge on any atom is 0.204 e. The summed E-state index contributed by atoms with van der Waals surface area (Å²) < 4.78 is 36.5. The van der Waals surface area contributed by atoms with E-state index in [1.807, 2.05) is 40.0 Å². The first-order chi connectivity index (χ1) is 48.5. The molecule has 15 nitrogen and oxygen atoms in total. The lowest BCUT2D eigenvalue weighted by Crippen LogP contribution is -2.40. The van der Waals surface area contributed by atoms with Gasteiger partial charge in [-0.05, 0) is 170 Å². The Balaban J connectivity index is 0.00000136. The van der Waals surface area contributed by atoms with Crippen LogP contribution in [-0.2, 0) is 58.8 Å². The van der Waals surface area contributed by atoms with Crippen molar-refractivity contribution in [1.82, 2.24) is 0 Å². The van der Waals surface area contributed by atoms with Gasteiger partial charge >= 0.3 is 0 Å². The van der Waals surface area contributed by atoms with Gasteiger partial charge in [0.2, 0.25) is 34.6 Å². The van der Waals surface area contributed by atoms with E-state index in [0.717, 1.165) is 83.5 Å². The fourth-order valence-corrected chi connectivity index (χ4v) is 14.0. The Kier molecular flexibility index (Phi) is 48.5. The van der Waals surface area contributed by atoms with E-state index in [2.05, 4.69) is 149 Å². The van der Waals surface area contributed by atoms with Gasteiger partial charge in [0, 0.05) is 47.3 Å². The molecule has 0 amide bonds. The lowest BCUT2D eigenvalue weighted by Gasteiger charge is -2.34. The van der Waals surface area contributed by atoms with E-state index in [-0.39, 0.29) is 120 Å². The third-order valence-electron chi connectivity index (χ3n) is 20.6. The largest absolute Gasteiger partial charge is 0.497 e. The Morgan fingerprint density at radius 1 is 0.375 bits per heavy atom. The summed E-state index contributed by atoms with van der Waals surface area (Å²) in [6, 6.07) is 10.5. The number of hydrogen-bond donors (Lipinski definition) is 4. The standard InChI is InChI=1S/C25H34O4.C25H40O4.C20H32O4.C16H26O3S.2CH4/c1-17(10-9-11-18(2)16-20-12-7-6-8-13-20)14-15-21-19(3)22(26)24(28-4)25(29-5)23(21)27;1-8-17(2)11-9-12-18(3)13-10-14-19(4)15-16-21-20(5)22(26)24(28-6)25(29-7)23(21)27;1-7-13(2)9-8-10-14(3)11-12-16-15(4)17(21)19(23-5)20(24-6)18(16)22;1-6-7-10(2)8-9-12-11(3)13(17)16(20-5)15(19-4)14(12)18;;/h6-8,11-14,19,21,23,27H,9-10,15-16H2,1-5H3;11,13,15,20-21,23,27H,8-10,12,14,16H2,1-7H3;9,11,15-16,18,22H,7-8,10,12H2,1-6H3;8,11-12,14,18H,6-7,9H2,1-5H3;2*1H4/b17-14+,18-11+;17-11+,18-13+,19-15+;13-9+,14-11+;10-8+;;. The van der Waals surface area contributed by atoms with Gasteiger partial charge in [0.05, 0.1) is 54.7 Å². The SMILES string of the molecule is C.C.CC/C(C)=C/CC/C(C)=C/CC/C(C)=C/CC1C(C)C(=O)C(OC)=C(OC)C1O.CC/C(C)=C/CC/C(C)=C/CC1C(C)C(=O)C(OC)=C(OC)C1O.CCC/C(C)=C/CC1C(C)C(=O)C(SC)=C(OC)C1O.COC1=C(OC)C(O)C(C/C=C(\C)CC/C=C(\C)Cc2ccccc2)C(C)C1=O. The number of allylic oxidation sites excluding steroid dienone is 20. The second-order valence-corrected chi connectivity index (χ2v) is 28.9. The van der Waals surface area contributed by atoms with Crippen LogP contribution in [0.25, 0.3) is 0 Å². The van der Waals surface area contributed by atoms with Crippen molar-refractivity contribution < 1.29 is 72.8 Å². The van der Waals surface area contributed by atoms with Gasteiger partial charge in [-0.1, -0.05) is 193 Å². The van der Waals surface area contributed by atoms with Crippen LogP contribution in [0, 0.1) is 47.3 Å². The lowest BCUT2D eigenvalue weighted by molar-refractivity contribution is -0.128. The highest BCUT2D eigenvalue weighted by Crippen LogP contribution is 2.41. The molecule has 12 unspecified atom stereocenters. The Bertz CT molecular complexity index is 3220. The molecule has 5 rings (SSSR count). The minimum Gasteiger partial charge on any atom is -0.497 e. The third-order valence-corrected chi connectivity index (χ3v) is 21.4. The summed E-state index contributed by atoms with van der Waals surface area (Å²) in [5, 5.41) is 42.4. The van der Waals surface area contributed by atoms with Gasteiger partial charge in [0.15, 0.2) is 23.1 Å². The zero-order chi connectivity index (χ0) is 76.9. The number of Topliss-reactive ketones (excluding diaryl/α,β-unsaturated/α-hetero) is 4. The second kappa shape index (κ2) is 51.7. The number of ether oxygens (including phenoxy) is 7. The van der Waals surface area contributed by atoms with E-state index in [9.17, 15) is 39.6 Å². The van der Waals surface area contributed by atoms with E-state index < -0.39 is 24.4 Å². The van der Waals surface area contributed by atoms with Crippen molar-refractivity contribution in [2.75, 3.05) is 56.0 Å². The molecule has 16 heteroatoms. The molecule has 104 heavy (non-hydrogen) atoms. The van der Waals surface area contributed by atoms with Gasteiger partial charge < -0.3 is 53.6 Å². The van der Waals surface area contributed by atoms with E-state index in [0.29, 0.717) is 36.3 Å². The molecule has 4 N–H and O–H groups in total. The number of benzene rings is 1. The molecule has 0 bridgehead atoms. The van der Waals surface area contributed by atoms with Crippen LogP contribution >= 0.6 is 11.8 Å². The van der Waals surface area contributed by atoms with E-state index >= 15 is 0 Å². The second-order valence-electron chi connectivity index (χ2n) is 28.1. The molecule has 4 aliphatic carbocycles. The first kappa shape index (κ1) is 97.6. The average Bonchev–Trinajstić information content (AvgIpc) is 0.814. The molecule has 0 spiro atoms. The molecule has 0 saturated heterocycles. The minimum atomic E-state index is -0.834. The monoisotopic (exact) mass is 1470 g/mol. The number of carbonyl (C=O) groups excluding carboxylic acids is 4. The topological polar surface area (TPSA) is 214 Å². The highest BCUT2D eigenvalue weighted by molar-refractivity contribution is 8.03. The maximum atomic E-state index is 12.5. The van der Waals surface area contributed by atoms with Crippen molar-refractivity contribution in [3.63, 3.8) is 0 Å². The Labute approximate surface area is 634 Å². The molecule has 0 saturated carbocycles. The highest BCUT2D eigenvalue weighted by Gasteiger charge is 2.45. The molecule has 12 atom stereocenters. The Hall–Kier alpha value is -6.43. The van der Waals surface area contributed by atoms with Gasteiger partial charge in [0.1, 0.15) is 30.2 Å². The number of aliphatic hydroxyl groups excluding tert-OH is 4. The molecule has 1 aromatic rings. The van der Waals surface area contributed by atoms with Crippen LogP contribution in [0.2, 0.25) is 0 Å². The van der Waals surface area contributed by atoms with E-state index in [1.165, 1.54) is 112 Å². The molecule has 0 heterocycles. The normalized spacial score (nSPS) is 24.6. The molecule has 0 aromatic heterocycles. The van der Waals surface area contributed by atoms with Crippen molar-refractivity contribution in [2.45, 2.75) is 252 Å². The fourth-order valence-electron chi connectivity index (χ4n) is 13.2. The quantitative estimate of drug-likeness (QED) is 0.0472. The predicted molar refractivity (Wildman–Crippen MR) is 430 cm³/mol. The summed E-state index contributed by atoms with van der Waals surface area (Å²) in [7, 11) is 10.2. The van der Waals surface area contributed by atoms with Crippen LogP contribution < -0.4 is 0 Å². The van der Waals surface area contributed by atoms with Crippen LogP contribution in [0.1, 0.15) is 227 Å². The van der Waals surface area contributed by atoms with Crippen molar-refractivity contribution >= 4 is 34.9 Å². The zero-order valence-electron chi connectivity index (χ0n) is 66.6. The average molecular weight is 1470 g/mol. The van der Waals surface area contributed by atoms with E-state index in [4.69, 9.17) is 33.2 Å². The molecule has 588 valence electrons. The first-order valence-electron chi connectivity index (χ1n) is 37.0. The van der Waals surface area contributed by atoms with Crippen molar-refractivity contribution in [1.29, 1.82) is 0 Å². The van der Waals surface area contributed by atoms with Crippen molar-refractivity contribution in [2.24, 2.45) is 47.3 Å². The lowest BCUT2D eigenvalue weighted by atomic mass is 9.77.